The maximum absolute atomic E-state index is 12.8. The fraction of sp³-hybridized carbons (Fsp3) is 0.120. The van der Waals surface area contributed by atoms with Gasteiger partial charge in [0.1, 0.15) is 23.6 Å². The molecule has 4 heterocycles. The Labute approximate surface area is 185 Å². The van der Waals surface area contributed by atoms with Crippen molar-refractivity contribution in [3.63, 3.8) is 0 Å². The molecule has 0 aliphatic carbocycles. The van der Waals surface area contributed by atoms with Crippen molar-refractivity contribution in [1.82, 2.24) is 4.90 Å². The number of benzene rings is 2. The highest BCUT2D eigenvalue weighted by molar-refractivity contribution is 7.09. The Kier molecular flexibility index (Phi) is 4.45. The molecule has 158 valence electrons. The van der Waals surface area contributed by atoms with Gasteiger partial charge in [0, 0.05) is 40.4 Å². The van der Waals surface area contributed by atoms with Gasteiger partial charge in [-0.1, -0.05) is 24.3 Å². The molecule has 1 aliphatic heterocycles. The van der Waals surface area contributed by atoms with Crippen LogP contribution in [0.15, 0.2) is 84.5 Å². The summed E-state index contributed by atoms with van der Waals surface area (Å²) < 4.78 is 17.1. The number of thiophene rings is 1. The SMILES string of the molecule is O=c1cc(-c2cc3ccccc3oc2=O)c2ccc3c(c2o1)CN(Cc1cccs1)CO3. The van der Waals surface area contributed by atoms with E-state index >= 15 is 0 Å². The van der Waals surface area contributed by atoms with E-state index in [1.807, 2.05) is 41.8 Å². The Morgan fingerprint density at radius 3 is 2.72 bits per heavy atom. The molecular formula is C25H17NO5S. The van der Waals surface area contributed by atoms with E-state index < -0.39 is 11.3 Å². The maximum Gasteiger partial charge on any atom is 0.344 e. The first-order valence-electron chi connectivity index (χ1n) is 10.2. The van der Waals surface area contributed by atoms with Gasteiger partial charge >= 0.3 is 11.3 Å². The Bertz CT molecular complexity index is 1580. The first-order chi connectivity index (χ1) is 15.7. The van der Waals surface area contributed by atoms with Crippen LogP contribution in [-0.4, -0.2) is 11.6 Å². The molecule has 5 aromatic rings. The molecule has 0 saturated heterocycles. The van der Waals surface area contributed by atoms with Crippen molar-refractivity contribution < 1.29 is 13.6 Å². The minimum Gasteiger partial charge on any atom is -0.478 e. The van der Waals surface area contributed by atoms with Gasteiger partial charge in [-0.2, -0.15) is 0 Å². The number of fused-ring (bicyclic) bond motifs is 4. The molecule has 6 rings (SSSR count). The van der Waals surface area contributed by atoms with Gasteiger partial charge in [-0.15, -0.1) is 11.3 Å². The number of ether oxygens (including phenoxy) is 1. The molecule has 0 radical (unpaired) electrons. The largest absolute Gasteiger partial charge is 0.478 e. The highest BCUT2D eigenvalue weighted by atomic mass is 32.1. The van der Waals surface area contributed by atoms with E-state index in [-0.39, 0.29) is 0 Å². The van der Waals surface area contributed by atoms with Gasteiger partial charge in [0.05, 0.1) is 11.1 Å². The molecule has 0 spiro atoms. The third-order valence-electron chi connectivity index (χ3n) is 5.65. The molecule has 3 aromatic heterocycles. The molecule has 0 unspecified atom stereocenters. The minimum absolute atomic E-state index is 0.328. The van der Waals surface area contributed by atoms with Crippen LogP contribution in [0.25, 0.3) is 33.1 Å². The monoisotopic (exact) mass is 443 g/mol. The minimum atomic E-state index is -0.524. The molecule has 0 saturated carbocycles. The first kappa shape index (κ1) is 19.0. The standard InChI is InChI=1S/C25H17NO5S/c27-23-11-18(19-10-15-4-1-2-6-21(15)30-25(19)28)17-7-8-22-20(24(17)31-23)13-26(14-29-22)12-16-5-3-9-32-16/h1-11H,12-14H2. The van der Waals surface area contributed by atoms with Crippen molar-refractivity contribution in [2.45, 2.75) is 13.1 Å². The van der Waals surface area contributed by atoms with Gasteiger partial charge in [-0.05, 0) is 35.7 Å². The lowest BCUT2D eigenvalue weighted by molar-refractivity contribution is 0.0899. The van der Waals surface area contributed by atoms with Crippen molar-refractivity contribution >= 4 is 33.3 Å². The zero-order valence-electron chi connectivity index (χ0n) is 16.9. The van der Waals surface area contributed by atoms with Gasteiger partial charge < -0.3 is 13.6 Å². The van der Waals surface area contributed by atoms with Gasteiger partial charge in [0.25, 0.3) is 0 Å². The van der Waals surface area contributed by atoms with Gasteiger partial charge in [-0.3, -0.25) is 4.90 Å². The number of nitrogens with zero attached hydrogens (tertiary/aromatic N) is 1. The highest BCUT2D eigenvalue weighted by Crippen LogP contribution is 2.36. The molecule has 2 aromatic carbocycles. The summed E-state index contributed by atoms with van der Waals surface area (Å²) in [5, 5.41) is 3.50. The third-order valence-corrected chi connectivity index (χ3v) is 6.51. The normalized spacial score (nSPS) is 13.9. The molecular weight excluding hydrogens is 426 g/mol. The zero-order valence-corrected chi connectivity index (χ0v) is 17.7. The molecule has 0 N–H and O–H groups in total. The van der Waals surface area contributed by atoms with Gasteiger partial charge in [-0.25, -0.2) is 9.59 Å². The smallest absolute Gasteiger partial charge is 0.344 e. The molecule has 7 heteroatoms. The molecule has 0 bridgehead atoms. The van der Waals surface area contributed by atoms with Crippen LogP contribution in [-0.2, 0) is 13.1 Å². The van der Waals surface area contributed by atoms with Crippen LogP contribution in [0, 0.1) is 0 Å². The second-order valence-corrected chi connectivity index (χ2v) is 8.76. The summed E-state index contributed by atoms with van der Waals surface area (Å²) in [5.41, 5.74) is 1.54. The van der Waals surface area contributed by atoms with Crippen molar-refractivity contribution in [2.75, 3.05) is 6.73 Å². The number of hydrogen-bond acceptors (Lipinski definition) is 7. The summed E-state index contributed by atoms with van der Waals surface area (Å²) in [6, 6.07) is 18.2. The lowest BCUT2D eigenvalue weighted by Crippen LogP contribution is -2.31. The lowest BCUT2D eigenvalue weighted by Gasteiger charge is -2.29. The molecule has 0 amide bonds. The summed E-state index contributed by atoms with van der Waals surface area (Å²) in [4.78, 5) is 28.7. The van der Waals surface area contributed by atoms with Gasteiger partial charge in [0.15, 0.2) is 0 Å². The van der Waals surface area contributed by atoms with Crippen molar-refractivity contribution in [3.05, 3.63) is 97.3 Å². The summed E-state index contributed by atoms with van der Waals surface area (Å²) in [6.07, 6.45) is 0. The van der Waals surface area contributed by atoms with Crippen LogP contribution in [0.5, 0.6) is 5.75 Å². The zero-order chi connectivity index (χ0) is 21.7. The fourth-order valence-electron chi connectivity index (χ4n) is 4.18. The Balaban J connectivity index is 1.51. The number of hydrogen-bond donors (Lipinski definition) is 0. The second-order valence-electron chi connectivity index (χ2n) is 7.72. The van der Waals surface area contributed by atoms with Crippen LogP contribution in [0.1, 0.15) is 10.4 Å². The number of para-hydroxylation sites is 1. The predicted octanol–water partition coefficient (Wildman–Crippen LogP) is 4.98. The van der Waals surface area contributed by atoms with Crippen molar-refractivity contribution in [2.24, 2.45) is 0 Å². The first-order valence-corrected chi connectivity index (χ1v) is 11.0. The summed E-state index contributed by atoms with van der Waals surface area (Å²) in [6.45, 7) is 1.77. The van der Waals surface area contributed by atoms with Gasteiger partial charge in [0.2, 0.25) is 0 Å². The summed E-state index contributed by atoms with van der Waals surface area (Å²) in [7, 11) is 0. The van der Waals surface area contributed by atoms with E-state index in [0.717, 1.165) is 17.5 Å². The van der Waals surface area contributed by atoms with E-state index in [1.54, 1.807) is 23.5 Å². The average Bonchev–Trinajstić information content (AvgIpc) is 3.31. The van der Waals surface area contributed by atoms with E-state index in [4.69, 9.17) is 13.6 Å². The third kappa shape index (κ3) is 3.23. The van der Waals surface area contributed by atoms with E-state index in [0.29, 0.717) is 46.7 Å². The molecule has 1 aliphatic rings. The van der Waals surface area contributed by atoms with E-state index in [9.17, 15) is 9.59 Å². The quantitative estimate of drug-likeness (QED) is 0.366. The molecule has 32 heavy (non-hydrogen) atoms. The summed E-state index contributed by atoms with van der Waals surface area (Å²) in [5.74, 6) is 0.686. The highest BCUT2D eigenvalue weighted by Gasteiger charge is 2.24. The maximum atomic E-state index is 12.8. The van der Waals surface area contributed by atoms with Crippen LogP contribution >= 0.6 is 11.3 Å². The van der Waals surface area contributed by atoms with E-state index in [1.165, 1.54) is 10.9 Å². The van der Waals surface area contributed by atoms with Crippen molar-refractivity contribution in [3.8, 4) is 16.9 Å². The van der Waals surface area contributed by atoms with Crippen LogP contribution in [0.4, 0.5) is 0 Å². The predicted molar refractivity (Wildman–Crippen MR) is 123 cm³/mol. The van der Waals surface area contributed by atoms with Crippen LogP contribution < -0.4 is 16.0 Å². The second kappa shape index (κ2) is 7.47. The topological polar surface area (TPSA) is 72.9 Å². The fourth-order valence-corrected chi connectivity index (χ4v) is 4.92. The van der Waals surface area contributed by atoms with Crippen molar-refractivity contribution in [1.29, 1.82) is 0 Å². The van der Waals surface area contributed by atoms with E-state index in [2.05, 4.69) is 11.0 Å². The molecule has 0 fully saturated rings. The lowest BCUT2D eigenvalue weighted by atomic mass is 9.99. The summed E-state index contributed by atoms with van der Waals surface area (Å²) >= 11 is 1.69. The number of rotatable bonds is 3. The Hall–Kier alpha value is -3.68. The Morgan fingerprint density at radius 2 is 1.84 bits per heavy atom. The average molecular weight is 443 g/mol. The molecule has 0 atom stereocenters. The van der Waals surface area contributed by atoms with Crippen LogP contribution in [0.2, 0.25) is 0 Å². The molecule has 6 nitrogen and oxygen atoms in total. The Morgan fingerprint density at radius 1 is 0.938 bits per heavy atom. The van der Waals surface area contributed by atoms with Crippen LogP contribution in [0.3, 0.4) is 0 Å².